The van der Waals surface area contributed by atoms with Crippen molar-refractivity contribution in [3.8, 4) is 0 Å². The summed E-state index contributed by atoms with van der Waals surface area (Å²) in [6.45, 7) is 2.96. The minimum absolute atomic E-state index is 0.119. The molecule has 0 bridgehead atoms. The average Bonchev–Trinajstić information content (AvgIpc) is 3.25. The number of hydrogen-bond donors (Lipinski definition) is 1. The van der Waals surface area contributed by atoms with E-state index in [2.05, 4.69) is 30.3 Å². The van der Waals surface area contributed by atoms with Crippen LogP contribution in [-0.4, -0.2) is 44.2 Å². The van der Waals surface area contributed by atoms with E-state index in [9.17, 15) is 4.79 Å². The van der Waals surface area contributed by atoms with Gasteiger partial charge in [0.25, 0.3) is 0 Å². The Bertz CT molecular complexity index is 852. The van der Waals surface area contributed by atoms with Gasteiger partial charge >= 0.3 is 0 Å². The van der Waals surface area contributed by atoms with Crippen LogP contribution >= 0.6 is 0 Å². The van der Waals surface area contributed by atoms with Crippen molar-refractivity contribution >= 4 is 11.7 Å². The largest absolute Gasteiger partial charge is 0.359 e. The number of hydrogen-bond acceptors (Lipinski definition) is 6. The van der Waals surface area contributed by atoms with E-state index in [4.69, 9.17) is 0 Å². The molecule has 1 N–H and O–H groups in total. The van der Waals surface area contributed by atoms with Gasteiger partial charge < -0.3 is 10.2 Å². The van der Waals surface area contributed by atoms with Crippen molar-refractivity contribution in [2.24, 2.45) is 0 Å². The van der Waals surface area contributed by atoms with Gasteiger partial charge in [-0.05, 0) is 25.1 Å². The van der Waals surface area contributed by atoms with Gasteiger partial charge in [-0.2, -0.15) is 5.10 Å². The molecular formula is C19H23N7O. The van der Waals surface area contributed by atoms with Gasteiger partial charge in [-0.25, -0.2) is 14.6 Å². The fraction of sp³-hybridized carbons (Fsp3) is 0.316. The first-order chi connectivity index (χ1) is 13.1. The van der Waals surface area contributed by atoms with Crippen molar-refractivity contribution in [1.82, 2.24) is 30.0 Å². The normalized spacial score (nSPS) is 11.8. The quantitative estimate of drug-likeness (QED) is 0.653. The molecule has 3 heterocycles. The van der Waals surface area contributed by atoms with Crippen molar-refractivity contribution in [2.75, 3.05) is 18.5 Å². The van der Waals surface area contributed by atoms with Crippen molar-refractivity contribution in [1.29, 1.82) is 0 Å². The second-order valence-electron chi connectivity index (χ2n) is 6.25. The molecule has 0 spiro atoms. The number of nitrogens with zero attached hydrogens (tertiary/aromatic N) is 6. The van der Waals surface area contributed by atoms with Crippen LogP contribution in [0.15, 0.2) is 55.4 Å². The summed E-state index contributed by atoms with van der Waals surface area (Å²) in [7, 11) is 1.99. The van der Waals surface area contributed by atoms with Crippen LogP contribution in [0.4, 0.5) is 5.82 Å². The van der Waals surface area contributed by atoms with Gasteiger partial charge in [0.1, 0.15) is 24.5 Å². The van der Waals surface area contributed by atoms with Crippen LogP contribution in [0.25, 0.3) is 0 Å². The molecule has 3 rings (SSSR count). The molecule has 0 saturated heterocycles. The van der Waals surface area contributed by atoms with Gasteiger partial charge in [0.05, 0.1) is 0 Å². The summed E-state index contributed by atoms with van der Waals surface area (Å²) in [6.07, 6.45) is 7.33. The fourth-order valence-electron chi connectivity index (χ4n) is 2.71. The number of aromatic nitrogens is 5. The number of carbonyl (C=O) groups excluding carboxylic acids is 1. The number of anilines is 1. The zero-order valence-corrected chi connectivity index (χ0v) is 15.5. The lowest BCUT2D eigenvalue weighted by molar-refractivity contribution is -0.124. The van der Waals surface area contributed by atoms with Gasteiger partial charge in [0.15, 0.2) is 0 Å². The van der Waals surface area contributed by atoms with Crippen LogP contribution in [0.2, 0.25) is 0 Å². The number of nitrogens with one attached hydrogen (secondary N) is 1. The third-order valence-corrected chi connectivity index (χ3v) is 4.32. The zero-order valence-electron chi connectivity index (χ0n) is 15.5. The van der Waals surface area contributed by atoms with Crippen molar-refractivity contribution in [3.63, 3.8) is 0 Å². The zero-order chi connectivity index (χ0) is 19.1. The predicted molar refractivity (Wildman–Crippen MR) is 102 cm³/mol. The molecule has 0 aliphatic heterocycles. The Hall–Kier alpha value is -3.29. The first-order valence-electron chi connectivity index (χ1n) is 8.82. The highest BCUT2D eigenvalue weighted by atomic mass is 16.2. The number of rotatable bonds is 8. The maximum atomic E-state index is 12.4. The first kappa shape index (κ1) is 18.5. The maximum absolute atomic E-state index is 12.4. The van der Waals surface area contributed by atoms with Gasteiger partial charge in [-0.1, -0.05) is 12.1 Å². The Balaban J connectivity index is 1.60. The maximum Gasteiger partial charge on any atom is 0.244 e. The Labute approximate surface area is 158 Å². The Morgan fingerprint density at radius 1 is 1.22 bits per heavy atom. The molecule has 3 aromatic rings. The third kappa shape index (κ3) is 4.87. The number of likely N-dealkylation sites (N-methyl/N-ethyl adjacent to an activating group) is 1. The molecular weight excluding hydrogens is 342 g/mol. The van der Waals surface area contributed by atoms with E-state index in [0.29, 0.717) is 6.54 Å². The summed E-state index contributed by atoms with van der Waals surface area (Å²) in [4.78, 5) is 27.2. The minimum atomic E-state index is -0.422. The van der Waals surface area contributed by atoms with E-state index in [-0.39, 0.29) is 5.91 Å². The van der Waals surface area contributed by atoms with Crippen LogP contribution in [0.5, 0.6) is 0 Å². The number of pyridine rings is 2. The Morgan fingerprint density at radius 3 is 2.81 bits per heavy atom. The molecule has 0 aromatic carbocycles. The van der Waals surface area contributed by atoms with E-state index in [1.807, 2.05) is 37.4 Å². The molecule has 1 atom stereocenters. The summed E-state index contributed by atoms with van der Waals surface area (Å²) in [5.74, 6) is 0.730. The summed E-state index contributed by atoms with van der Waals surface area (Å²) in [5.41, 5.74) is 2.00. The summed E-state index contributed by atoms with van der Waals surface area (Å²) in [5, 5.41) is 6.96. The lowest BCUT2D eigenvalue weighted by Crippen LogP contribution is -2.32. The lowest BCUT2D eigenvalue weighted by atomic mass is 10.2. The standard InChI is InChI=1S/C19H23N7O/c1-15(26-14-20-13-24-26)19(27)23-12-16-6-5-10-22-18(16)25(2)11-8-17-7-3-4-9-21-17/h3-7,9-10,13-15H,8,11-12H2,1-2H3,(H,23,27)/t15-/m1/s1. The molecule has 27 heavy (non-hydrogen) atoms. The molecule has 140 valence electrons. The molecule has 0 unspecified atom stereocenters. The molecule has 1 amide bonds. The van der Waals surface area contributed by atoms with E-state index < -0.39 is 6.04 Å². The predicted octanol–water partition coefficient (Wildman–Crippen LogP) is 1.62. The van der Waals surface area contributed by atoms with Crippen LogP contribution in [0.3, 0.4) is 0 Å². The van der Waals surface area contributed by atoms with Crippen LogP contribution in [-0.2, 0) is 17.8 Å². The average molecular weight is 365 g/mol. The van der Waals surface area contributed by atoms with Crippen molar-refractivity contribution < 1.29 is 4.79 Å². The smallest absolute Gasteiger partial charge is 0.244 e. The Morgan fingerprint density at radius 2 is 2.07 bits per heavy atom. The highest BCUT2D eigenvalue weighted by molar-refractivity contribution is 5.79. The first-order valence-corrected chi connectivity index (χ1v) is 8.82. The molecule has 0 fully saturated rings. The van der Waals surface area contributed by atoms with Crippen molar-refractivity contribution in [2.45, 2.75) is 25.9 Å². The van der Waals surface area contributed by atoms with Gasteiger partial charge in [0.2, 0.25) is 5.91 Å². The lowest BCUT2D eigenvalue weighted by Gasteiger charge is -2.21. The van der Waals surface area contributed by atoms with E-state index in [1.165, 1.54) is 17.3 Å². The molecule has 8 heteroatoms. The third-order valence-electron chi connectivity index (χ3n) is 4.32. The number of carbonyl (C=O) groups is 1. The van der Waals surface area contributed by atoms with Gasteiger partial charge in [-0.15, -0.1) is 0 Å². The van der Waals surface area contributed by atoms with Crippen LogP contribution in [0.1, 0.15) is 24.2 Å². The highest BCUT2D eigenvalue weighted by Crippen LogP contribution is 2.16. The second kappa shape index (κ2) is 8.88. The summed E-state index contributed by atoms with van der Waals surface area (Å²) >= 11 is 0. The minimum Gasteiger partial charge on any atom is -0.359 e. The molecule has 3 aromatic heterocycles. The van der Waals surface area contributed by atoms with E-state index in [0.717, 1.165) is 30.0 Å². The molecule has 0 aliphatic rings. The van der Waals surface area contributed by atoms with E-state index in [1.54, 1.807) is 19.3 Å². The van der Waals surface area contributed by atoms with Crippen LogP contribution < -0.4 is 10.2 Å². The topological polar surface area (TPSA) is 88.8 Å². The van der Waals surface area contributed by atoms with Gasteiger partial charge in [0, 0.05) is 50.2 Å². The van der Waals surface area contributed by atoms with Crippen molar-refractivity contribution in [3.05, 3.63) is 66.6 Å². The molecule has 0 saturated carbocycles. The second-order valence-corrected chi connectivity index (χ2v) is 6.25. The summed E-state index contributed by atoms with van der Waals surface area (Å²) < 4.78 is 1.53. The fourth-order valence-corrected chi connectivity index (χ4v) is 2.71. The van der Waals surface area contributed by atoms with E-state index >= 15 is 0 Å². The Kier molecular flexibility index (Phi) is 6.09. The molecule has 0 aliphatic carbocycles. The van der Waals surface area contributed by atoms with Gasteiger partial charge in [-0.3, -0.25) is 9.78 Å². The summed E-state index contributed by atoms with van der Waals surface area (Å²) in [6, 6.07) is 9.33. The monoisotopic (exact) mass is 365 g/mol. The highest BCUT2D eigenvalue weighted by Gasteiger charge is 2.16. The molecule has 0 radical (unpaired) electrons. The SMILES string of the molecule is C[C@H](C(=O)NCc1cccnc1N(C)CCc1ccccn1)n1cncn1. The molecule has 8 nitrogen and oxygen atoms in total. The number of amides is 1. The van der Waals surface area contributed by atoms with Crippen LogP contribution in [0, 0.1) is 0 Å².